The molecule has 3 heterocycles. The molecular formula is C45H32N4. The standard InChI is InChI=1S/C45H32N4/c1-6-16-31(17-7-1)33-26-27-40-37(28-33)38-29-42-39(30-41(38)47(40)34-20-10-3-11-21-34)43-45(48(42)35-22-12-4-13-23-35)46-44(32-18-8-2-9-19-32)49(43)36-24-14-5-15-25-36/h1-30,44,46H. The number of rotatable bonds is 5. The van der Waals surface area contributed by atoms with Gasteiger partial charge in [0.05, 0.1) is 22.2 Å². The normalized spacial score (nSPS) is 14.0. The van der Waals surface area contributed by atoms with Crippen LogP contribution in [0.5, 0.6) is 0 Å². The summed E-state index contributed by atoms with van der Waals surface area (Å²) in [6, 6.07) is 65.4. The van der Waals surface area contributed by atoms with Crippen LogP contribution in [0, 0.1) is 0 Å². The van der Waals surface area contributed by atoms with E-state index in [0.29, 0.717) is 0 Å². The maximum atomic E-state index is 4.00. The van der Waals surface area contributed by atoms with Crippen LogP contribution < -0.4 is 10.2 Å². The van der Waals surface area contributed by atoms with E-state index in [4.69, 9.17) is 0 Å². The molecule has 0 saturated carbocycles. The molecule has 10 rings (SSSR count). The van der Waals surface area contributed by atoms with E-state index in [1.54, 1.807) is 0 Å². The van der Waals surface area contributed by atoms with Crippen LogP contribution >= 0.6 is 0 Å². The van der Waals surface area contributed by atoms with Gasteiger partial charge in [0.15, 0.2) is 0 Å². The molecule has 1 atom stereocenters. The average molecular weight is 629 g/mol. The molecule has 1 aliphatic rings. The van der Waals surface area contributed by atoms with Crippen LogP contribution in [0.25, 0.3) is 55.2 Å². The van der Waals surface area contributed by atoms with Crippen LogP contribution in [0.15, 0.2) is 182 Å². The Morgan fingerprint density at radius 1 is 0.388 bits per heavy atom. The molecule has 1 unspecified atom stereocenters. The summed E-state index contributed by atoms with van der Waals surface area (Å²) < 4.78 is 4.84. The highest BCUT2D eigenvalue weighted by Gasteiger charge is 2.37. The molecule has 7 aromatic carbocycles. The van der Waals surface area contributed by atoms with Gasteiger partial charge in [0.25, 0.3) is 0 Å². The van der Waals surface area contributed by atoms with Crippen LogP contribution in [0.4, 0.5) is 17.2 Å². The lowest BCUT2D eigenvalue weighted by atomic mass is 10.0. The highest BCUT2D eigenvalue weighted by molar-refractivity contribution is 6.18. The fourth-order valence-electron chi connectivity index (χ4n) is 7.73. The molecule has 0 aliphatic carbocycles. The predicted octanol–water partition coefficient (Wildman–Crippen LogP) is 11.7. The Morgan fingerprint density at radius 3 is 1.55 bits per heavy atom. The van der Waals surface area contributed by atoms with Crippen LogP contribution in [-0.2, 0) is 0 Å². The van der Waals surface area contributed by atoms with Gasteiger partial charge in [-0.25, -0.2) is 0 Å². The van der Waals surface area contributed by atoms with Crippen molar-refractivity contribution >= 4 is 49.9 Å². The highest BCUT2D eigenvalue weighted by Crippen LogP contribution is 2.53. The number of benzene rings is 7. The number of aromatic nitrogens is 2. The molecule has 4 nitrogen and oxygen atoms in total. The lowest BCUT2D eigenvalue weighted by Crippen LogP contribution is -2.24. The Labute approximate surface area is 284 Å². The van der Waals surface area contributed by atoms with Gasteiger partial charge in [-0.1, -0.05) is 121 Å². The molecule has 2 aromatic heterocycles. The zero-order valence-electron chi connectivity index (χ0n) is 26.7. The molecule has 1 N–H and O–H groups in total. The second-order valence-electron chi connectivity index (χ2n) is 12.7. The van der Waals surface area contributed by atoms with Gasteiger partial charge in [-0.2, -0.15) is 0 Å². The third kappa shape index (κ3) is 4.31. The Morgan fingerprint density at radius 2 is 0.898 bits per heavy atom. The third-order valence-corrected chi connectivity index (χ3v) is 9.88. The van der Waals surface area contributed by atoms with E-state index in [1.165, 1.54) is 55.1 Å². The summed E-state index contributed by atoms with van der Waals surface area (Å²) in [7, 11) is 0. The third-order valence-electron chi connectivity index (χ3n) is 9.88. The zero-order valence-corrected chi connectivity index (χ0v) is 26.7. The van der Waals surface area contributed by atoms with Gasteiger partial charge >= 0.3 is 0 Å². The maximum Gasteiger partial charge on any atom is 0.138 e. The van der Waals surface area contributed by atoms with E-state index in [2.05, 4.69) is 201 Å². The van der Waals surface area contributed by atoms with E-state index in [-0.39, 0.29) is 6.17 Å². The van der Waals surface area contributed by atoms with Gasteiger partial charge < -0.3 is 14.8 Å². The van der Waals surface area contributed by atoms with E-state index in [9.17, 15) is 0 Å². The van der Waals surface area contributed by atoms with Crippen molar-refractivity contribution in [2.45, 2.75) is 6.17 Å². The molecule has 0 saturated heterocycles. The molecule has 0 bridgehead atoms. The molecule has 0 amide bonds. The van der Waals surface area contributed by atoms with Gasteiger partial charge in [-0.05, 0) is 77.4 Å². The van der Waals surface area contributed by atoms with E-state index in [1.807, 2.05) is 0 Å². The van der Waals surface area contributed by atoms with Gasteiger partial charge in [-0.15, -0.1) is 0 Å². The van der Waals surface area contributed by atoms with Crippen molar-refractivity contribution in [3.05, 3.63) is 188 Å². The fourth-order valence-corrected chi connectivity index (χ4v) is 7.73. The van der Waals surface area contributed by atoms with Gasteiger partial charge in [0, 0.05) is 33.2 Å². The van der Waals surface area contributed by atoms with Crippen LogP contribution in [0.1, 0.15) is 11.7 Å². The highest BCUT2D eigenvalue weighted by atomic mass is 15.4. The Hall–Kier alpha value is -6.52. The summed E-state index contributed by atoms with van der Waals surface area (Å²) in [6.45, 7) is 0. The second kappa shape index (κ2) is 11.0. The first kappa shape index (κ1) is 27.6. The minimum Gasteiger partial charge on any atom is -0.345 e. The smallest absolute Gasteiger partial charge is 0.138 e. The number of fused-ring (bicyclic) bond motifs is 6. The quantitative estimate of drug-likeness (QED) is 0.205. The van der Waals surface area contributed by atoms with Crippen LogP contribution in [0.3, 0.4) is 0 Å². The zero-order chi connectivity index (χ0) is 32.3. The Kier molecular flexibility index (Phi) is 6.21. The first-order valence-electron chi connectivity index (χ1n) is 16.8. The number of anilines is 3. The van der Waals surface area contributed by atoms with Crippen molar-refractivity contribution in [3.63, 3.8) is 0 Å². The second-order valence-corrected chi connectivity index (χ2v) is 12.7. The molecule has 232 valence electrons. The number of nitrogens with zero attached hydrogens (tertiary/aromatic N) is 3. The van der Waals surface area contributed by atoms with Crippen LogP contribution in [0.2, 0.25) is 0 Å². The SMILES string of the molecule is c1ccc(-c2ccc3c(c2)c2cc4c(cc2n3-c2ccccc2)c2c(n4-c3ccccc3)NC(c3ccccc3)N2c2ccccc2)cc1. The van der Waals surface area contributed by atoms with E-state index >= 15 is 0 Å². The Bertz CT molecular complexity index is 2610. The van der Waals surface area contributed by atoms with Crippen molar-refractivity contribution in [1.82, 2.24) is 9.13 Å². The lowest BCUT2D eigenvalue weighted by molar-refractivity contribution is 0.823. The first-order valence-corrected chi connectivity index (χ1v) is 16.8. The lowest BCUT2D eigenvalue weighted by Gasteiger charge is -2.28. The number of hydrogen-bond acceptors (Lipinski definition) is 2. The summed E-state index contributed by atoms with van der Waals surface area (Å²) in [5.41, 5.74) is 11.8. The molecule has 1 aliphatic heterocycles. The van der Waals surface area contributed by atoms with Crippen molar-refractivity contribution in [2.24, 2.45) is 0 Å². The maximum absolute atomic E-state index is 4.00. The van der Waals surface area contributed by atoms with Gasteiger partial charge in [-0.3, -0.25) is 4.57 Å². The minimum atomic E-state index is -0.0722. The Balaban J connectivity index is 1.33. The van der Waals surface area contributed by atoms with E-state index in [0.717, 1.165) is 22.9 Å². The summed E-state index contributed by atoms with van der Waals surface area (Å²) in [5.74, 6) is 1.09. The van der Waals surface area contributed by atoms with Crippen molar-refractivity contribution < 1.29 is 0 Å². The number of nitrogens with one attached hydrogen (secondary N) is 1. The summed E-state index contributed by atoms with van der Waals surface area (Å²) in [6.07, 6.45) is -0.0722. The molecule has 0 radical (unpaired) electrons. The molecule has 0 fully saturated rings. The molecular weight excluding hydrogens is 597 g/mol. The van der Waals surface area contributed by atoms with Crippen molar-refractivity contribution in [3.8, 4) is 22.5 Å². The molecule has 9 aromatic rings. The topological polar surface area (TPSA) is 25.1 Å². The number of para-hydroxylation sites is 3. The van der Waals surface area contributed by atoms with Gasteiger partial charge in [0.2, 0.25) is 0 Å². The monoisotopic (exact) mass is 628 g/mol. The average Bonchev–Trinajstić information content (AvgIpc) is 3.82. The molecule has 0 spiro atoms. The number of hydrogen-bond donors (Lipinski definition) is 1. The van der Waals surface area contributed by atoms with Crippen LogP contribution in [-0.4, -0.2) is 9.13 Å². The molecule has 4 heteroatoms. The predicted molar refractivity (Wildman–Crippen MR) is 204 cm³/mol. The largest absolute Gasteiger partial charge is 0.345 e. The summed E-state index contributed by atoms with van der Waals surface area (Å²) in [5, 5.41) is 7.66. The summed E-state index contributed by atoms with van der Waals surface area (Å²) in [4.78, 5) is 2.47. The van der Waals surface area contributed by atoms with E-state index < -0.39 is 0 Å². The van der Waals surface area contributed by atoms with Gasteiger partial charge in [0.1, 0.15) is 12.0 Å². The van der Waals surface area contributed by atoms with Crippen molar-refractivity contribution in [1.29, 1.82) is 0 Å². The molecule has 49 heavy (non-hydrogen) atoms. The van der Waals surface area contributed by atoms with Crippen molar-refractivity contribution in [2.75, 3.05) is 10.2 Å². The fraction of sp³-hybridized carbons (Fsp3) is 0.0222. The first-order chi connectivity index (χ1) is 24.3. The summed E-state index contributed by atoms with van der Waals surface area (Å²) >= 11 is 0. The minimum absolute atomic E-state index is 0.0722.